The molecule has 0 aliphatic carbocycles. The summed E-state index contributed by atoms with van der Waals surface area (Å²) in [5.74, 6) is -0.529. The summed E-state index contributed by atoms with van der Waals surface area (Å²) >= 11 is -1.80. The summed E-state index contributed by atoms with van der Waals surface area (Å²) in [6.45, 7) is 7.81. The van der Waals surface area contributed by atoms with Gasteiger partial charge < -0.3 is 4.74 Å². The van der Waals surface area contributed by atoms with Crippen molar-refractivity contribution in [2.75, 3.05) is 0 Å². The van der Waals surface area contributed by atoms with Gasteiger partial charge in [0.1, 0.15) is 0 Å². The average Bonchev–Trinajstić information content (AvgIpc) is 2.57. The first-order valence-corrected chi connectivity index (χ1v) is 11.3. The second kappa shape index (κ2) is 11.5. The third-order valence-electron chi connectivity index (χ3n) is 3.18. The molecule has 0 unspecified atom stereocenters. The quantitative estimate of drug-likeness (QED) is 0.321. The molecule has 0 amide bonds. The van der Waals surface area contributed by atoms with Crippen LogP contribution in [0.1, 0.15) is 31.9 Å². The summed E-state index contributed by atoms with van der Waals surface area (Å²) in [6, 6.07) is 14.5. The zero-order chi connectivity index (χ0) is 20.4. The second-order valence-electron chi connectivity index (χ2n) is 5.67. The third kappa shape index (κ3) is 8.81. The Morgan fingerprint density at radius 2 is 1.30 bits per heavy atom. The average molecular weight is 566 g/mol. The van der Waals surface area contributed by atoms with Crippen LogP contribution in [0.4, 0.5) is 0 Å². The zero-order valence-corrected chi connectivity index (χ0v) is 19.9. The van der Waals surface area contributed by atoms with Gasteiger partial charge in [-0.15, -0.1) is 0 Å². The molecule has 7 heteroatoms. The Bertz CT molecular complexity index is 766. The van der Waals surface area contributed by atoms with Crippen LogP contribution < -0.4 is 2.69 Å². The third-order valence-corrected chi connectivity index (χ3v) is 5.74. The topological polar surface area (TPSA) is 78.9 Å². The van der Waals surface area contributed by atoms with Crippen LogP contribution in [-0.2, 0) is 21.8 Å². The van der Waals surface area contributed by atoms with Crippen molar-refractivity contribution in [3.05, 3.63) is 53.6 Å². The van der Waals surface area contributed by atoms with E-state index < -0.39 is 37.1 Å². The molecular weight excluding hydrogens is 543 g/mol. The van der Waals surface area contributed by atoms with Gasteiger partial charge in [0.15, 0.2) is 0 Å². The summed E-state index contributed by atoms with van der Waals surface area (Å²) in [5, 5.41) is 0. The van der Waals surface area contributed by atoms with Gasteiger partial charge in [-0.3, -0.25) is 9.59 Å². The van der Waals surface area contributed by atoms with E-state index in [-0.39, 0.29) is 5.97 Å². The number of esters is 2. The van der Waals surface area contributed by atoms with Crippen molar-refractivity contribution in [1.29, 1.82) is 0 Å². The molecule has 0 aliphatic heterocycles. The molecular formula is C20H22O6Pb. The molecule has 0 atom stereocenters. The van der Waals surface area contributed by atoms with E-state index in [0.29, 0.717) is 0 Å². The van der Waals surface area contributed by atoms with Gasteiger partial charge in [0.05, 0.1) is 0 Å². The number of ether oxygens (including phenoxy) is 1. The van der Waals surface area contributed by atoms with Gasteiger partial charge in [-0.25, -0.2) is 0 Å². The number of carbonyl (C=O) groups excluding carboxylic acids is 3. The van der Waals surface area contributed by atoms with Crippen LogP contribution in [0.25, 0.3) is 11.1 Å². The fraction of sp³-hybridized carbons (Fsp3) is 0.250. The normalized spacial score (nSPS) is 9.52. The first kappa shape index (κ1) is 22.8. The maximum absolute atomic E-state index is 10.8. The van der Waals surface area contributed by atoms with Crippen LogP contribution in [0.2, 0.25) is 0 Å². The van der Waals surface area contributed by atoms with Gasteiger partial charge in [0.2, 0.25) is 0 Å². The zero-order valence-electron chi connectivity index (χ0n) is 16.0. The molecule has 2 radical (unpaired) electrons. The Hall–Kier alpha value is -2.23. The first-order valence-electron chi connectivity index (χ1n) is 8.15. The molecule has 0 heterocycles. The van der Waals surface area contributed by atoms with E-state index in [1.807, 2.05) is 32.0 Å². The van der Waals surface area contributed by atoms with Crippen molar-refractivity contribution in [2.45, 2.75) is 34.6 Å². The predicted molar refractivity (Wildman–Crippen MR) is 102 cm³/mol. The Kier molecular flexibility index (Phi) is 9.70. The molecule has 0 bridgehead atoms. The summed E-state index contributed by atoms with van der Waals surface area (Å²) in [6.07, 6.45) is 0. The van der Waals surface area contributed by atoms with Crippen LogP contribution >= 0.6 is 0 Å². The van der Waals surface area contributed by atoms with Gasteiger partial charge in [0, 0.05) is 13.8 Å². The van der Waals surface area contributed by atoms with Crippen molar-refractivity contribution >= 4 is 43.0 Å². The van der Waals surface area contributed by atoms with E-state index in [1.165, 1.54) is 31.9 Å². The summed E-state index contributed by atoms with van der Waals surface area (Å²) in [4.78, 5) is 30.4. The van der Waals surface area contributed by atoms with Crippen molar-refractivity contribution in [1.82, 2.24) is 0 Å². The Balaban J connectivity index is 0.000000445. The molecule has 0 fully saturated rings. The Labute approximate surface area is 172 Å². The van der Waals surface area contributed by atoms with Gasteiger partial charge >= 0.3 is 144 Å². The summed E-state index contributed by atoms with van der Waals surface area (Å²) < 4.78 is 14.7. The van der Waals surface area contributed by atoms with Crippen molar-refractivity contribution in [3.8, 4) is 16.9 Å². The number of rotatable bonds is 4. The van der Waals surface area contributed by atoms with Gasteiger partial charge in [-0.2, -0.15) is 0 Å². The number of aryl methyl sites for hydroxylation is 2. The molecule has 142 valence electrons. The molecule has 0 saturated heterocycles. The van der Waals surface area contributed by atoms with Crippen LogP contribution in [0.15, 0.2) is 42.5 Å². The predicted octanol–water partition coefficient (Wildman–Crippen LogP) is 3.54. The second-order valence-corrected chi connectivity index (χ2v) is 7.90. The number of carbonyl (C=O) groups is 3. The molecule has 0 saturated carbocycles. The molecule has 2 aromatic rings. The molecule has 0 spiro atoms. The maximum atomic E-state index is 10.8. The molecule has 0 N–H and O–H groups in total. The fourth-order valence-corrected chi connectivity index (χ4v) is 4.43. The van der Waals surface area contributed by atoms with Crippen LogP contribution in [0.3, 0.4) is 0 Å². The summed E-state index contributed by atoms with van der Waals surface area (Å²) in [7, 11) is 0. The number of hydrogen-bond donors (Lipinski definition) is 0. The molecule has 0 aromatic heterocycles. The first-order chi connectivity index (χ1) is 12.7. The van der Waals surface area contributed by atoms with E-state index in [4.69, 9.17) is 5.37 Å². The molecule has 2 aromatic carbocycles. The van der Waals surface area contributed by atoms with E-state index in [0.717, 1.165) is 16.9 Å². The molecule has 0 aliphatic rings. The van der Waals surface area contributed by atoms with Gasteiger partial charge in [-0.1, -0.05) is 0 Å². The standard InChI is InChI=1S/C14H14O.C4H6O3.C2H4O2.Pb/c1-10-8-13(9-11(2)14(10)15)12-6-4-3-5-7-12;1-3(5)7-4(2)6;1-2(3)4;/h3-9,15H,1-2H3;1-2H3;1H3,(H,3,4);/q;;;+2/p-2. The van der Waals surface area contributed by atoms with Crippen molar-refractivity contribution in [3.63, 3.8) is 0 Å². The van der Waals surface area contributed by atoms with E-state index in [2.05, 4.69) is 29.0 Å². The van der Waals surface area contributed by atoms with Crippen LogP contribution in [0, 0.1) is 13.8 Å². The molecule has 27 heavy (non-hydrogen) atoms. The van der Waals surface area contributed by atoms with Crippen molar-refractivity contribution < 1.29 is 24.5 Å². The monoisotopic (exact) mass is 566 g/mol. The van der Waals surface area contributed by atoms with Crippen LogP contribution in [0.5, 0.6) is 5.75 Å². The van der Waals surface area contributed by atoms with Gasteiger partial charge in [0.25, 0.3) is 0 Å². The minimum absolute atomic E-state index is 0.260. The van der Waals surface area contributed by atoms with Gasteiger partial charge in [-0.05, 0) is 0 Å². The number of benzene rings is 2. The summed E-state index contributed by atoms with van der Waals surface area (Å²) in [5.41, 5.74) is 4.51. The van der Waals surface area contributed by atoms with Crippen molar-refractivity contribution in [2.24, 2.45) is 0 Å². The molecule has 6 nitrogen and oxygen atoms in total. The number of hydrogen-bond acceptors (Lipinski definition) is 6. The van der Waals surface area contributed by atoms with E-state index >= 15 is 0 Å². The minimum atomic E-state index is -1.80. The van der Waals surface area contributed by atoms with E-state index in [9.17, 15) is 14.4 Å². The Morgan fingerprint density at radius 1 is 0.778 bits per heavy atom. The van der Waals surface area contributed by atoms with Crippen LogP contribution in [-0.4, -0.2) is 43.0 Å². The fourth-order valence-electron chi connectivity index (χ4n) is 2.23. The Morgan fingerprint density at radius 3 is 1.70 bits per heavy atom. The SMILES string of the molecule is CC(=O)OC(C)=O.CC(=O)[O][Pb][O]c1c(C)cc(-c2ccccc2)cc1C. The molecule has 2 rings (SSSR count). The van der Waals surface area contributed by atoms with E-state index in [1.54, 1.807) is 0 Å².